The van der Waals surface area contributed by atoms with Crippen molar-refractivity contribution in [2.24, 2.45) is 0 Å². The van der Waals surface area contributed by atoms with Crippen molar-refractivity contribution >= 4 is 28.8 Å². The van der Waals surface area contributed by atoms with Gasteiger partial charge in [0, 0.05) is 22.0 Å². The summed E-state index contributed by atoms with van der Waals surface area (Å²) in [5.41, 5.74) is 4.67. The normalized spacial score (nSPS) is 14.1. The van der Waals surface area contributed by atoms with E-state index in [1.54, 1.807) is 0 Å². The van der Waals surface area contributed by atoms with Crippen LogP contribution in [0, 0.1) is 13.8 Å². The number of hydrogen-bond donors (Lipinski definition) is 1. The number of hydrogen-bond acceptors (Lipinski definition) is 3. The largest absolute Gasteiger partial charge is 0.370 e. The van der Waals surface area contributed by atoms with E-state index in [9.17, 15) is 0 Å². The Labute approximate surface area is 151 Å². The maximum atomic E-state index is 6.13. The van der Waals surface area contributed by atoms with E-state index >= 15 is 0 Å². The van der Waals surface area contributed by atoms with E-state index in [1.165, 1.54) is 28.2 Å². The van der Waals surface area contributed by atoms with Gasteiger partial charge in [0.25, 0.3) is 0 Å². The highest BCUT2D eigenvalue weighted by Crippen LogP contribution is 2.37. The average Bonchev–Trinajstić information content (AvgIpc) is 3.03. The van der Waals surface area contributed by atoms with Gasteiger partial charge in [-0.2, -0.15) is 5.10 Å². The maximum Gasteiger partial charge on any atom is 0.133 e. The number of thiophene rings is 1. The number of aromatic nitrogens is 2. The Morgan fingerprint density at radius 2 is 2.04 bits per heavy atom. The minimum atomic E-state index is 0.761. The highest BCUT2D eigenvalue weighted by atomic mass is 35.5. The quantitative estimate of drug-likeness (QED) is 0.645. The molecule has 1 aromatic carbocycles. The third-order valence-corrected chi connectivity index (χ3v) is 5.73. The lowest BCUT2D eigenvalue weighted by Gasteiger charge is -2.11. The van der Waals surface area contributed by atoms with Crippen molar-refractivity contribution in [1.82, 2.24) is 9.78 Å². The first-order valence-corrected chi connectivity index (χ1v) is 9.52. The van der Waals surface area contributed by atoms with Crippen molar-refractivity contribution in [2.75, 3.05) is 11.9 Å². The molecule has 0 amide bonds. The Morgan fingerprint density at radius 3 is 2.79 bits per heavy atom. The molecule has 1 aliphatic rings. The monoisotopic (exact) mass is 357 g/mol. The van der Waals surface area contributed by atoms with Crippen molar-refractivity contribution in [2.45, 2.75) is 33.1 Å². The number of aryl methyl sites for hydroxylation is 2. The number of benzene rings is 1. The summed E-state index contributed by atoms with van der Waals surface area (Å²) in [6.45, 7) is 5.22. The minimum Gasteiger partial charge on any atom is -0.370 e. The van der Waals surface area contributed by atoms with Crippen LogP contribution in [0.3, 0.4) is 0 Å². The lowest BCUT2D eigenvalue weighted by molar-refractivity contribution is 0.780. The first kappa shape index (κ1) is 15.7. The van der Waals surface area contributed by atoms with Crippen LogP contribution in [-0.2, 0) is 6.42 Å². The van der Waals surface area contributed by atoms with Gasteiger partial charge in [0.05, 0.1) is 10.6 Å². The van der Waals surface area contributed by atoms with Crippen LogP contribution in [0.1, 0.15) is 28.8 Å². The molecule has 0 unspecified atom stereocenters. The van der Waals surface area contributed by atoms with Gasteiger partial charge in [-0.25, -0.2) is 4.68 Å². The summed E-state index contributed by atoms with van der Waals surface area (Å²) in [6, 6.07) is 10.3. The van der Waals surface area contributed by atoms with E-state index in [2.05, 4.69) is 42.0 Å². The third-order valence-electron chi connectivity index (χ3n) is 4.49. The number of rotatable bonds is 2. The summed E-state index contributed by atoms with van der Waals surface area (Å²) in [7, 11) is 0. The van der Waals surface area contributed by atoms with Crippen molar-refractivity contribution in [3.8, 4) is 16.3 Å². The van der Waals surface area contributed by atoms with Crippen LogP contribution in [0.25, 0.3) is 16.3 Å². The van der Waals surface area contributed by atoms with E-state index in [-0.39, 0.29) is 0 Å². The predicted molar refractivity (Wildman–Crippen MR) is 103 cm³/mol. The van der Waals surface area contributed by atoms with Crippen LogP contribution in [0.5, 0.6) is 0 Å². The zero-order valence-electron chi connectivity index (χ0n) is 13.9. The molecule has 0 bridgehead atoms. The fourth-order valence-electron chi connectivity index (χ4n) is 3.29. The highest BCUT2D eigenvalue weighted by Gasteiger charge is 2.23. The van der Waals surface area contributed by atoms with Crippen molar-refractivity contribution in [3.05, 3.63) is 51.4 Å². The van der Waals surface area contributed by atoms with E-state index in [4.69, 9.17) is 16.7 Å². The third kappa shape index (κ3) is 2.74. The van der Waals surface area contributed by atoms with Gasteiger partial charge < -0.3 is 5.32 Å². The predicted octanol–water partition coefficient (Wildman–Crippen LogP) is 5.62. The Balaban J connectivity index is 1.92. The summed E-state index contributed by atoms with van der Waals surface area (Å²) in [4.78, 5) is 2.57. The van der Waals surface area contributed by atoms with E-state index in [1.807, 2.05) is 23.5 Å². The summed E-state index contributed by atoms with van der Waals surface area (Å²) in [5, 5.41) is 9.36. The molecule has 4 rings (SSSR count). The molecule has 0 saturated carbocycles. The molecule has 0 saturated heterocycles. The molecular weight excluding hydrogens is 338 g/mol. The molecule has 2 aromatic heterocycles. The van der Waals surface area contributed by atoms with Gasteiger partial charge in [-0.05, 0) is 69.0 Å². The van der Waals surface area contributed by atoms with E-state index in [0.29, 0.717) is 0 Å². The van der Waals surface area contributed by atoms with Gasteiger partial charge in [-0.15, -0.1) is 11.3 Å². The first-order valence-electron chi connectivity index (χ1n) is 8.32. The number of nitrogens with one attached hydrogen (secondary N) is 1. The number of fused-ring (bicyclic) bond motifs is 1. The molecule has 0 aliphatic carbocycles. The summed E-state index contributed by atoms with van der Waals surface area (Å²) < 4.78 is 2.07. The molecule has 3 nitrogen and oxygen atoms in total. The Hall–Kier alpha value is -1.78. The number of anilines is 1. The fourth-order valence-corrected chi connectivity index (χ4v) is 4.40. The Kier molecular flexibility index (Phi) is 4.10. The van der Waals surface area contributed by atoms with Crippen molar-refractivity contribution in [1.29, 1.82) is 0 Å². The maximum absolute atomic E-state index is 6.13. The molecular formula is C19H20ClN3S. The standard InChI is InChI=1S/C19H20ClN3S/c1-12-11-14(20)7-8-16(12)23-19-15(5-3-4-10-21-19)18(22-23)17-9-6-13(2)24-17/h6-9,11,21H,3-5,10H2,1-2H3. The Bertz CT molecular complexity index is 894. The van der Waals surface area contributed by atoms with Crippen LogP contribution in [-0.4, -0.2) is 16.3 Å². The second kappa shape index (κ2) is 6.26. The summed E-state index contributed by atoms with van der Waals surface area (Å²) >= 11 is 7.95. The second-order valence-corrected chi connectivity index (χ2v) is 8.04. The van der Waals surface area contributed by atoms with Crippen molar-refractivity contribution < 1.29 is 0 Å². The molecule has 3 heterocycles. The number of halogens is 1. The van der Waals surface area contributed by atoms with Crippen LogP contribution in [0.2, 0.25) is 5.02 Å². The lowest BCUT2D eigenvalue weighted by atomic mass is 10.1. The zero-order chi connectivity index (χ0) is 16.7. The van der Waals surface area contributed by atoms with Crippen LogP contribution in [0.4, 0.5) is 5.82 Å². The van der Waals surface area contributed by atoms with Gasteiger partial charge in [-0.3, -0.25) is 0 Å². The van der Waals surface area contributed by atoms with E-state index < -0.39 is 0 Å². The molecule has 124 valence electrons. The molecule has 24 heavy (non-hydrogen) atoms. The molecule has 5 heteroatoms. The molecule has 0 fully saturated rings. The fraction of sp³-hybridized carbons (Fsp3) is 0.316. The zero-order valence-corrected chi connectivity index (χ0v) is 15.5. The summed E-state index contributed by atoms with van der Waals surface area (Å²) in [6.07, 6.45) is 3.46. The lowest BCUT2D eigenvalue weighted by Crippen LogP contribution is -2.08. The number of nitrogens with zero attached hydrogens (tertiary/aromatic N) is 2. The van der Waals surface area contributed by atoms with Crippen LogP contribution in [0.15, 0.2) is 30.3 Å². The average molecular weight is 358 g/mol. The smallest absolute Gasteiger partial charge is 0.133 e. The molecule has 0 atom stereocenters. The second-order valence-electron chi connectivity index (χ2n) is 6.31. The molecule has 0 spiro atoms. The highest BCUT2D eigenvalue weighted by molar-refractivity contribution is 7.15. The molecule has 1 N–H and O–H groups in total. The van der Waals surface area contributed by atoms with Gasteiger partial charge >= 0.3 is 0 Å². The van der Waals surface area contributed by atoms with Crippen LogP contribution >= 0.6 is 22.9 Å². The minimum absolute atomic E-state index is 0.761. The molecule has 3 aromatic rings. The molecule has 1 aliphatic heterocycles. The van der Waals surface area contributed by atoms with Crippen LogP contribution < -0.4 is 5.32 Å². The van der Waals surface area contributed by atoms with Gasteiger partial charge in [0.2, 0.25) is 0 Å². The topological polar surface area (TPSA) is 29.9 Å². The molecule has 0 radical (unpaired) electrons. The van der Waals surface area contributed by atoms with E-state index in [0.717, 1.165) is 40.8 Å². The SMILES string of the molecule is Cc1ccc(-c2nn(-c3ccc(Cl)cc3C)c3c2CCCCN3)s1. The van der Waals surface area contributed by atoms with Gasteiger partial charge in [0.15, 0.2) is 0 Å². The first-order chi connectivity index (χ1) is 11.6. The van der Waals surface area contributed by atoms with Gasteiger partial charge in [0.1, 0.15) is 11.5 Å². The van der Waals surface area contributed by atoms with Gasteiger partial charge in [-0.1, -0.05) is 11.6 Å². The van der Waals surface area contributed by atoms with Crippen molar-refractivity contribution in [3.63, 3.8) is 0 Å². The summed E-state index contributed by atoms with van der Waals surface area (Å²) in [5.74, 6) is 1.14. The Morgan fingerprint density at radius 1 is 1.17 bits per heavy atom.